The van der Waals surface area contributed by atoms with Crippen molar-refractivity contribution in [3.8, 4) is 0 Å². The summed E-state index contributed by atoms with van der Waals surface area (Å²) in [5.41, 5.74) is 0.586. The Hall–Kier alpha value is -2.41. The molecule has 0 saturated carbocycles. The van der Waals surface area contributed by atoms with Gasteiger partial charge in [0, 0.05) is 38.8 Å². The lowest BCUT2D eigenvalue weighted by Gasteiger charge is -2.50. The van der Waals surface area contributed by atoms with E-state index in [1.54, 1.807) is 12.4 Å². The number of nitrogens with zero attached hydrogens (tertiary/aromatic N) is 4. The van der Waals surface area contributed by atoms with Crippen LogP contribution in [0.2, 0.25) is 0 Å². The van der Waals surface area contributed by atoms with E-state index in [0.29, 0.717) is 18.2 Å². The molecule has 4 heterocycles. The van der Waals surface area contributed by atoms with E-state index in [2.05, 4.69) is 20.2 Å². The molecule has 2 aliphatic heterocycles. The molecule has 2 aromatic heterocycles. The molecule has 1 amide bonds. The van der Waals surface area contributed by atoms with Crippen LogP contribution in [-0.2, 0) is 11.8 Å². The summed E-state index contributed by atoms with van der Waals surface area (Å²) in [7, 11) is 1.88. The van der Waals surface area contributed by atoms with Crippen LogP contribution in [0.3, 0.4) is 0 Å². The van der Waals surface area contributed by atoms with Crippen molar-refractivity contribution in [3.05, 3.63) is 42.5 Å². The van der Waals surface area contributed by atoms with E-state index >= 15 is 0 Å². The molecule has 25 heavy (non-hydrogen) atoms. The van der Waals surface area contributed by atoms with E-state index in [1.165, 1.54) is 0 Å². The van der Waals surface area contributed by atoms with Gasteiger partial charge in [-0.1, -0.05) is 0 Å². The minimum atomic E-state index is -0.102. The molecular formula is C18H23N5O2. The lowest BCUT2D eigenvalue weighted by atomic mass is 9.79. The number of rotatable bonds is 5. The molecule has 1 N–H and O–H groups in total. The van der Waals surface area contributed by atoms with Gasteiger partial charge in [0.25, 0.3) is 5.91 Å². The maximum absolute atomic E-state index is 12.2. The highest BCUT2D eigenvalue weighted by Gasteiger charge is 2.53. The van der Waals surface area contributed by atoms with Gasteiger partial charge < -0.3 is 19.5 Å². The minimum Gasteiger partial charge on any atom is -0.371 e. The molecule has 1 unspecified atom stereocenters. The second-order valence-corrected chi connectivity index (χ2v) is 6.85. The fourth-order valence-corrected chi connectivity index (χ4v) is 3.89. The second kappa shape index (κ2) is 6.48. The lowest BCUT2D eigenvalue weighted by Crippen LogP contribution is -2.65. The molecule has 7 heteroatoms. The predicted octanol–water partition coefficient (Wildman–Crippen LogP) is 1.23. The molecule has 132 valence electrons. The Balaban J connectivity index is 1.30. The zero-order valence-corrected chi connectivity index (χ0v) is 14.4. The number of anilines is 1. The van der Waals surface area contributed by atoms with E-state index in [-0.39, 0.29) is 11.5 Å². The van der Waals surface area contributed by atoms with Crippen LogP contribution in [0, 0.1) is 5.92 Å². The summed E-state index contributed by atoms with van der Waals surface area (Å²) in [5.74, 6) is 1.20. The van der Waals surface area contributed by atoms with Gasteiger partial charge in [0.05, 0.1) is 13.1 Å². The monoisotopic (exact) mass is 341 g/mol. The Bertz CT molecular complexity index is 739. The molecule has 0 aromatic carbocycles. The van der Waals surface area contributed by atoms with Gasteiger partial charge in [-0.2, -0.15) is 0 Å². The molecule has 2 fully saturated rings. The standard InChI is InChI=1S/C18H23N5O2/c1-22-10-2-4-15(22)16(24)19-9-5-14-6-11-25-18(14)12-23(13-18)17-20-7-3-8-21-17/h2-4,7-8,10,14H,5-6,9,11-13H2,1H3,(H,19,24). The van der Waals surface area contributed by atoms with E-state index in [0.717, 1.165) is 38.5 Å². The summed E-state index contributed by atoms with van der Waals surface area (Å²) >= 11 is 0. The molecule has 2 aromatic rings. The quantitative estimate of drug-likeness (QED) is 0.886. The molecule has 2 saturated heterocycles. The van der Waals surface area contributed by atoms with Gasteiger partial charge >= 0.3 is 0 Å². The van der Waals surface area contributed by atoms with Gasteiger partial charge in [0.15, 0.2) is 0 Å². The van der Waals surface area contributed by atoms with Crippen molar-refractivity contribution in [2.75, 3.05) is 31.1 Å². The average Bonchev–Trinajstić information content (AvgIpc) is 3.20. The van der Waals surface area contributed by atoms with Crippen LogP contribution in [0.15, 0.2) is 36.8 Å². The first-order valence-electron chi connectivity index (χ1n) is 8.73. The number of amides is 1. The number of hydrogen-bond acceptors (Lipinski definition) is 5. The lowest BCUT2D eigenvalue weighted by molar-refractivity contribution is -0.0459. The van der Waals surface area contributed by atoms with E-state index in [9.17, 15) is 4.79 Å². The third-order valence-corrected chi connectivity index (χ3v) is 5.31. The van der Waals surface area contributed by atoms with Crippen molar-refractivity contribution in [2.45, 2.75) is 18.4 Å². The fraction of sp³-hybridized carbons (Fsp3) is 0.500. The van der Waals surface area contributed by atoms with Gasteiger partial charge in [-0.15, -0.1) is 0 Å². The van der Waals surface area contributed by atoms with Gasteiger partial charge in [-0.3, -0.25) is 4.79 Å². The van der Waals surface area contributed by atoms with Crippen LogP contribution in [0.25, 0.3) is 0 Å². The molecule has 7 nitrogen and oxygen atoms in total. The zero-order valence-electron chi connectivity index (χ0n) is 14.4. The number of nitrogens with one attached hydrogen (secondary N) is 1. The Kier molecular flexibility index (Phi) is 4.17. The third-order valence-electron chi connectivity index (χ3n) is 5.31. The first-order valence-corrected chi connectivity index (χ1v) is 8.73. The summed E-state index contributed by atoms with van der Waals surface area (Å²) in [4.78, 5) is 23.0. The van der Waals surface area contributed by atoms with E-state index in [4.69, 9.17) is 4.74 Å². The van der Waals surface area contributed by atoms with Gasteiger partial charge in [0.1, 0.15) is 11.3 Å². The highest BCUT2D eigenvalue weighted by Crippen LogP contribution is 2.42. The highest BCUT2D eigenvalue weighted by molar-refractivity contribution is 5.92. The topological polar surface area (TPSA) is 72.3 Å². The summed E-state index contributed by atoms with van der Waals surface area (Å²) in [6, 6.07) is 5.53. The molecule has 0 radical (unpaired) electrons. The number of hydrogen-bond donors (Lipinski definition) is 1. The predicted molar refractivity (Wildman–Crippen MR) is 93.4 cm³/mol. The van der Waals surface area contributed by atoms with Crippen molar-refractivity contribution in [1.29, 1.82) is 0 Å². The van der Waals surface area contributed by atoms with Crippen LogP contribution in [0.5, 0.6) is 0 Å². The summed E-state index contributed by atoms with van der Waals surface area (Å²) in [6.45, 7) is 3.11. The van der Waals surface area contributed by atoms with Crippen LogP contribution < -0.4 is 10.2 Å². The van der Waals surface area contributed by atoms with Gasteiger partial charge in [-0.25, -0.2) is 9.97 Å². The Morgan fingerprint density at radius 3 is 2.88 bits per heavy atom. The van der Waals surface area contributed by atoms with Crippen LogP contribution >= 0.6 is 0 Å². The molecule has 1 atom stereocenters. The fourth-order valence-electron chi connectivity index (χ4n) is 3.89. The molecular weight excluding hydrogens is 318 g/mol. The van der Waals surface area contributed by atoms with Crippen LogP contribution in [0.1, 0.15) is 23.3 Å². The largest absolute Gasteiger partial charge is 0.371 e. The highest BCUT2D eigenvalue weighted by atomic mass is 16.5. The number of aryl methyl sites for hydroxylation is 1. The smallest absolute Gasteiger partial charge is 0.267 e. The Morgan fingerprint density at radius 2 is 2.16 bits per heavy atom. The second-order valence-electron chi connectivity index (χ2n) is 6.85. The van der Waals surface area contributed by atoms with Crippen molar-refractivity contribution in [3.63, 3.8) is 0 Å². The Morgan fingerprint density at radius 1 is 1.36 bits per heavy atom. The average molecular weight is 341 g/mol. The van der Waals surface area contributed by atoms with Crippen molar-refractivity contribution in [2.24, 2.45) is 13.0 Å². The normalized spacial score (nSPS) is 21.3. The summed E-state index contributed by atoms with van der Waals surface area (Å²) < 4.78 is 7.91. The zero-order chi connectivity index (χ0) is 17.3. The maximum atomic E-state index is 12.2. The van der Waals surface area contributed by atoms with Crippen molar-refractivity contribution in [1.82, 2.24) is 19.9 Å². The molecule has 0 aliphatic carbocycles. The first-order chi connectivity index (χ1) is 12.2. The molecule has 4 rings (SSSR count). The van der Waals surface area contributed by atoms with Crippen molar-refractivity contribution < 1.29 is 9.53 Å². The number of carbonyl (C=O) groups is 1. The number of aromatic nitrogens is 3. The first kappa shape index (κ1) is 16.1. The minimum absolute atomic E-state index is 0.0200. The van der Waals surface area contributed by atoms with Crippen LogP contribution in [-0.4, -0.2) is 52.3 Å². The van der Waals surface area contributed by atoms with Crippen molar-refractivity contribution >= 4 is 11.9 Å². The Labute approximate surface area is 147 Å². The summed E-state index contributed by atoms with van der Waals surface area (Å²) in [6.07, 6.45) is 7.38. The van der Waals surface area contributed by atoms with E-state index < -0.39 is 0 Å². The van der Waals surface area contributed by atoms with E-state index in [1.807, 2.05) is 36.0 Å². The van der Waals surface area contributed by atoms with Crippen LogP contribution in [0.4, 0.5) is 5.95 Å². The van der Waals surface area contributed by atoms with Gasteiger partial charge in [0.2, 0.25) is 5.95 Å². The molecule has 1 spiro atoms. The maximum Gasteiger partial charge on any atom is 0.267 e. The molecule has 0 bridgehead atoms. The molecule has 2 aliphatic rings. The number of carbonyl (C=O) groups excluding carboxylic acids is 1. The van der Waals surface area contributed by atoms with Gasteiger partial charge in [-0.05, 0) is 37.0 Å². The SMILES string of the molecule is Cn1cccc1C(=O)NCCC1CCOC12CN(c1ncccn1)C2. The number of ether oxygens (including phenoxy) is 1. The summed E-state index contributed by atoms with van der Waals surface area (Å²) in [5, 5.41) is 3.03. The third kappa shape index (κ3) is 3.00.